The third-order valence-electron chi connectivity index (χ3n) is 5.83. The lowest BCUT2D eigenvalue weighted by atomic mass is 9.95. The molecule has 1 aromatic heterocycles. The first-order valence-corrected chi connectivity index (χ1v) is 10.7. The van der Waals surface area contributed by atoms with Crippen LogP contribution in [0.1, 0.15) is 47.7 Å². The molecular weight excluding hydrogens is 436 g/mol. The maximum atomic E-state index is 13.8. The van der Waals surface area contributed by atoms with Gasteiger partial charge in [0, 0.05) is 18.5 Å². The molecule has 0 fully saturated rings. The Labute approximate surface area is 188 Å². The molecular formula is C24H24F4N4O. The molecule has 1 aliphatic rings. The molecule has 0 saturated carbocycles. The molecule has 1 amide bonds. The summed E-state index contributed by atoms with van der Waals surface area (Å²) in [5.41, 5.74) is 2.81. The fourth-order valence-corrected chi connectivity index (χ4v) is 4.03. The van der Waals surface area contributed by atoms with Crippen LogP contribution in [0.5, 0.6) is 0 Å². The number of rotatable bonds is 6. The maximum absolute atomic E-state index is 13.8. The lowest BCUT2D eigenvalue weighted by molar-refractivity contribution is -0.173. The normalized spacial score (nSPS) is 17.8. The van der Waals surface area contributed by atoms with Crippen LogP contribution in [0.25, 0.3) is 0 Å². The first-order valence-electron chi connectivity index (χ1n) is 10.7. The summed E-state index contributed by atoms with van der Waals surface area (Å²) in [7, 11) is 0. The van der Waals surface area contributed by atoms with E-state index in [9.17, 15) is 22.4 Å². The smallest absolute Gasteiger partial charge is 0.363 e. The molecule has 2 heterocycles. The summed E-state index contributed by atoms with van der Waals surface area (Å²) in [4.78, 5) is 12.5. The number of hydrogen-bond acceptors (Lipinski definition) is 3. The van der Waals surface area contributed by atoms with Gasteiger partial charge in [0.1, 0.15) is 11.6 Å². The Morgan fingerprint density at radius 2 is 1.94 bits per heavy atom. The second-order valence-corrected chi connectivity index (χ2v) is 8.13. The highest BCUT2D eigenvalue weighted by Crippen LogP contribution is 2.44. The van der Waals surface area contributed by atoms with Crippen molar-refractivity contribution in [3.8, 4) is 0 Å². The number of aryl methyl sites for hydroxylation is 1. The van der Waals surface area contributed by atoms with Crippen molar-refractivity contribution in [2.75, 3.05) is 5.32 Å². The number of anilines is 1. The van der Waals surface area contributed by atoms with Crippen molar-refractivity contribution in [3.05, 3.63) is 82.8 Å². The maximum Gasteiger partial charge on any atom is 0.410 e. The first kappa shape index (κ1) is 22.8. The van der Waals surface area contributed by atoms with Crippen LogP contribution in [0, 0.1) is 5.82 Å². The van der Waals surface area contributed by atoms with Crippen molar-refractivity contribution in [2.45, 2.75) is 51.0 Å². The number of fused-ring (bicyclic) bond motifs is 1. The van der Waals surface area contributed by atoms with Crippen molar-refractivity contribution in [2.24, 2.45) is 0 Å². The molecule has 2 aromatic carbocycles. The number of halogens is 4. The molecule has 0 bridgehead atoms. The zero-order valence-electron chi connectivity index (χ0n) is 18.0. The molecule has 174 valence electrons. The summed E-state index contributed by atoms with van der Waals surface area (Å²) in [6.45, 7) is 2.13. The third kappa shape index (κ3) is 5.18. The van der Waals surface area contributed by atoms with E-state index >= 15 is 0 Å². The van der Waals surface area contributed by atoms with E-state index in [2.05, 4.69) is 15.7 Å². The van der Waals surface area contributed by atoms with Crippen LogP contribution in [0.2, 0.25) is 0 Å². The largest absolute Gasteiger partial charge is 0.410 e. The van der Waals surface area contributed by atoms with Crippen LogP contribution in [0.3, 0.4) is 0 Å². The predicted octanol–water partition coefficient (Wildman–Crippen LogP) is 5.10. The SMILES string of the molecule is CCc1ccc([C@H]2C[C@@H](C(F)(F)F)n3ncc(CC(=O)NCc4cccc(F)c4)c3N2)cc1. The number of alkyl halides is 3. The Morgan fingerprint density at radius 1 is 1.18 bits per heavy atom. The fraction of sp³-hybridized carbons (Fsp3) is 0.333. The van der Waals surface area contributed by atoms with Gasteiger partial charge < -0.3 is 10.6 Å². The highest BCUT2D eigenvalue weighted by Gasteiger charge is 2.46. The van der Waals surface area contributed by atoms with Gasteiger partial charge in [-0.3, -0.25) is 4.79 Å². The highest BCUT2D eigenvalue weighted by atomic mass is 19.4. The zero-order valence-corrected chi connectivity index (χ0v) is 18.0. The molecule has 0 spiro atoms. The summed E-state index contributed by atoms with van der Waals surface area (Å²) in [6, 6.07) is 11.0. The van der Waals surface area contributed by atoms with Gasteiger partial charge in [-0.2, -0.15) is 18.3 Å². The van der Waals surface area contributed by atoms with Gasteiger partial charge in [-0.15, -0.1) is 0 Å². The summed E-state index contributed by atoms with van der Waals surface area (Å²) >= 11 is 0. The Balaban J connectivity index is 1.53. The Hall–Kier alpha value is -3.36. The predicted molar refractivity (Wildman–Crippen MR) is 116 cm³/mol. The lowest BCUT2D eigenvalue weighted by Gasteiger charge is -2.34. The van der Waals surface area contributed by atoms with Crippen LogP contribution in [-0.2, 0) is 24.2 Å². The number of nitrogens with zero attached hydrogens (tertiary/aromatic N) is 2. The summed E-state index contributed by atoms with van der Waals surface area (Å²) < 4.78 is 55.8. The molecule has 9 heteroatoms. The van der Waals surface area contributed by atoms with E-state index < -0.39 is 30.0 Å². The van der Waals surface area contributed by atoms with E-state index in [1.807, 2.05) is 31.2 Å². The van der Waals surface area contributed by atoms with Gasteiger partial charge in [0.05, 0.1) is 18.7 Å². The zero-order chi connectivity index (χ0) is 23.6. The number of hydrogen-bond donors (Lipinski definition) is 2. The Bertz CT molecular complexity index is 1120. The van der Waals surface area contributed by atoms with Crippen molar-refractivity contribution < 1.29 is 22.4 Å². The quantitative estimate of drug-likeness (QED) is 0.503. The van der Waals surface area contributed by atoms with Gasteiger partial charge >= 0.3 is 6.18 Å². The van der Waals surface area contributed by atoms with Crippen LogP contribution < -0.4 is 10.6 Å². The Morgan fingerprint density at radius 3 is 2.61 bits per heavy atom. The van der Waals surface area contributed by atoms with Gasteiger partial charge in [0.25, 0.3) is 0 Å². The lowest BCUT2D eigenvalue weighted by Crippen LogP contribution is -2.36. The van der Waals surface area contributed by atoms with E-state index in [0.717, 1.165) is 22.2 Å². The van der Waals surface area contributed by atoms with E-state index in [4.69, 9.17) is 0 Å². The van der Waals surface area contributed by atoms with Crippen molar-refractivity contribution in [3.63, 3.8) is 0 Å². The molecule has 0 radical (unpaired) electrons. The van der Waals surface area contributed by atoms with E-state index in [0.29, 0.717) is 11.1 Å². The van der Waals surface area contributed by atoms with E-state index in [-0.39, 0.29) is 25.2 Å². The first-order chi connectivity index (χ1) is 15.7. The van der Waals surface area contributed by atoms with E-state index in [1.165, 1.54) is 18.3 Å². The van der Waals surface area contributed by atoms with Gasteiger partial charge in [0.2, 0.25) is 5.91 Å². The number of amides is 1. The topological polar surface area (TPSA) is 59.0 Å². The van der Waals surface area contributed by atoms with Gasteiger partial charge in [-0.05, 0) is 35.2 Å². The van der Waals surface area contributed by atoms with Gasteiger partial charge in [-0.1, -0.05) is 43.3 Å². The van der Waals surface area contributed by atoms with Crippen LogP contribution in [0.15, 0.2) is 54.7 Å². The molecule has 33 heavy (non-hydrogen) atoms. The molecule has 0 unspecified atom stereocenters. The minimum absolute atomic E-state index is 0.116. The molecule has 2 atom stereocenters. The number of aromatic nitrogens is 2. The van der Waals surface area contributed by atoms with Crippen molar-refractivity contribution >= 4 is 11.7 Å². The number of benzene rings is 2. The molecule has 0 saturated heterocycles. The van der Waals surface area contributed by atoms with Crippen LogP contribution in [0.4, 0.5) is 23.4 Å². The third-order valence-corrected chi connectivity index (χ3v) is 5.83. The molecule has 0 aliphatic carbocycles. The Kier molecular flexibility index (Phi) is 6.40. The summed E-state index contributed by atoms with van der Waals surface area (Å²) in [5.74, 6) is -0.614. The number of nitrogens with one attached hydrogen (secondary N) is 2. The second-order valence-electron chi connectivity index (χ2n) is 8.13. The average molecular weight is 460 g/mol. The van der Waals surface area contributed by atoms with E-state index in [1.54, 1.807) is 12.1 Å². The average Bonchev–Trinajstić information content (AvgIpc) is 3.19. The molecule has 4 rings (SSSR count). The monoisotopic (exact) mass is 460 g/mol. The second kappa shape index (κ2) is 9.25. The number of carbonyl (C=O) groups excluding carboxylic acids is 1. The fourth-order valence-electron chi connectivity index (χ4n) is 4.03. The minimum Gasteiger partial charge on any atom is -0.363 e. The van der Waals surface area contributed by atoms with Crippen LogP contribution >= 0.6 is 0 Å². The van der Waals surface area contributed by atoms with Gasteiger partial charge in [0.15, 0.2) is 6.04 Å². The highest BCUT2D eigenvalue weighted by molar-refractivity contribution is 5.80. The summed E-state index contributed by atoms with van der Waals surface area (Å²) in [5, 5.41) is 9.78. The molecule has 3 aromatic rings. The van der Waals surface area contributed by atoms with Crippen molar-refractivity contribution in [1.29, 1.82) is 0 Å². The summed E-state index contributed by atoms with van der Waals surface area (Å²) in [6.07, 6.45) is -2.70. The molecule has 2 N–H and O–H groups in total. The van der Waals surface area contributed by atoms with Gasteiger partial charge in [-0.25, -0.2) is 9.07 Å². The number of carbonyl (C=O) groups is 1. The minimum atomic E-state index is -4.48. The van der Waals surface area contributed by atoms with Crippen LogP contribution in [-0.4, -0.2) is 21.9 Å². The van der Waals surface area contributed by atoms with Crippen molar-refractivity contribution in [1.82, 2.24) is 15.1 Å². The molecule has 5 nitrogen and oxygen atoms in total. The molecule has 1 aliphatic heterocycles. The standard InChI is InChI=1S/C24H24F4N4O/c1-2-15-6-8-17(9-7-15)20-12-21(24(26,27)28)32-23(31-20)18(14-30-32)11-22(33)29-13-16-4-3-5-19(25)10-16/h3-10,14,20-21,31H,2,11-13H2,1H3,(H,29,33)/t20-,21+/m1/s1.